The van der Waals surface area contributed by atoms with Crippen molar-refractivity contribution < 1.29 is 4.79 Å². The smallest absolute Gasteiger partial charge is 0.253 e. The lowest BCUT2D eigenvalue weighted by atomic mass is 9.89. The highest BCUT2D eigenvalue weighted by molar-refractivity contribution is 5.94. The van der Waals surface area contributed by atoms with Crippen molar-refractivity contribution in [2.75, 3.05) is 19.6 Å². The molecule has 0 spiro atoms. The Morgan fingerprint density at radius 3 is 2.62 bits per heavy atom. The van der Waals surface area contributed by atoms with E-state index >= 15 is 0 Å². The molecule has 1 aliphatic heterocycles. The van der Waals surface area contributed by atoms with Crippen molar-refractivity contribution in [3.05, 3.63) is 35.4 Å². The van der Waals surface area contributed by atoms with Gasteiger partial charge in [-0.15, -0.1) is 0 Å². The zero-order chi connectivity index (χ0) is 15.2. The van der Waals surface area contributed by atoms with Crippen LogP contribution in [0.25, 0.3) is 0 Å². The Balaban J connectivity index is 1.99. The molecule has 1 fully saturated rings. The molecule has 1 amide bonds. The van der Waals surface area contributed by atoms with Crippen LogP contribution in [-0.4, -0.2) is 36.5 Å². The first-order valence-corrected chi connectivity index (χ1v) is 8.25. The number of carbonyl (C=O) groups is 1. The second kappa shape index (κ2) is 7.60. The van der Waals surface area contributed by atoms with Gasteiger partial charge in [0.05, 0.1) is 0 Å². The predicted octanol–water partition coefficient (Wildman–Crippen LogP) is 3.24. The monoisotopic (exact) mass is 288 g/mol. The molecule has 0 aromatic heterocycles. The normalized spacial score (nSPS) is 22.3. The molecule has 1 heterocycles. The van der Waals surface area contributed by atoms with Crippen LogP contribution in [0.4, 0.5) is 0 Å². The Hall–Kier alpha value is -1.35. The molecule has 1 N–H and O–H groups in total. The highest BCUT2D eigenvalue weighted by atomic mass is 16.2. The predicted molar refractivity (Wildman–Crippen MR) is 87.6 cm³/mol. The quantitative estimate of drug-likeness (QED) is 0.902. The van der Waals surface area contributed by atoms with Crippen molar-refractivity contribution in [3.63, 3.8) is 0 Å². The maximum atomic E-state index is 12.6. The summed E-state index contributed by atoms with van der Waals surface area (Å²) in [6, 6.07) is 8.48. The molecule has 0 saturated carbocycles. The van der Waals surface area contributed by atoms with Gasteiger partial charge < -0.3 is 10.2 Å². The molecular weight excluding hydrogens is 260 g/mol. The molecule has 21 heavy (non-hydrogen) atoms. The first-order chi connectivity index (χ1) is 10.2. The number of nitrogens with zero attached hydrogens (tertiary/aromatic N) is 1. The van der Waals surface area contributed by atoms with E-state index in [0.717, 1.165) is 38.0 Å². The summed E-state index contributed by atoms with van der Waals surface area (Å²) in [5.74, 6) is 0.752. The van der Waals surface area contributed by atoms with Crippen molar-refractivity contribution in [1.29, 1.82) is 0 Å². The zero-order valence-corrected chi connectivity index (χ0v) is 13.6. The number of amides is 1. The molecule has 2 unspecified atom stereocenters. The third-order valence-corrected chi connectivity index (χ3v) is 4.50. The number of hydrogen-bond donors (Lipinski definition) is 1. The highest BCUT2D eigenvalue weighted by Crippen LogP contribution is 2.22. The third-order valence-electron chi connectivity index (χ3n) is 4.50. The second-order valence-corrected chi connectivity index (χ2v) is 6.13. The van der Waals surface area contributed by atoms with E-state index < -0.39 is 0 Å². The molecule has 116 valence electrons. The summed E-state index contributed by atoms with van der Waals surface area (Å²) in [7, 11) is 0. The van der Waals surface area contributed by atoms with Gasteiger partial charge in [0, 0.05) is 24.7 Å². The van der Waals surface area contributed by atoms with Crippen LogP contribution in [0.3, 0.4) is 0 Å². The summed E-state index contributed by atoms with van der Waals surface area (Å²) in [4.78, 5) is 14.6. The van der Waals surface area contributed by atoms with Crippen molar-refractivity contribution in [3.8, 4) is 0 Å². The number of likely N-dealkylation sites (tertiary alicyclic amines) is 1. The molecule has 2 rings (SSSR count). The molecule has 3 heteroatoms. The van der Waals surface area contributed by atoms with E-state index in [9.17, 15) is 4.79 Å². The molecule has 1 aromatic carbocycles. The van der Waals surface area contributed by atoms with Gasteiger partial charge in [0.1, 0.15) is 0 Å². The first kappa shape index (κ1) is 16.0. The number of rotatable bonds is 5. The highest BCUT2D eigenvalue weighted by Gasteiger charge is 2.30. The number of hydrogen-bond acceptors (Lipinski definition) is 2. The number of piperidine rings is 1. The average Bonchev–Trinajstić information content (AvgIpc) is 2.52. The van der Waals surface area contributed by atoms with E-state index in [2.05, 4.69) is 19.2 Å². The lowest BCUT2D eigenvalue weighted by Gasteiger charge is -2.39. The van der Waals surface area contributed by atoms with Crippen molar-refractivity contribution >= 4 is 5.91 Å². The topological polar surface area (TPSA) is 32.3 Å². The second-order valence-electron chi connectivity index (χ2n) is 6.13. The zero-order valence-electron chi connectivity index (χ0n) is 13.6. The van der Waals surface area contributed by atoms with Gasteiger partial charge in [-0.25, -0.2) is 0 Å². The summed E-state index contributed by atoms with van der Waals surface area (Å²) in [6.07, 6.45) is 3.36. The van der Waals surface area contributed by atoms with Crippen LogP contribution in [0.5, 0.6) is 0 Å². The van der Waals surface area contributed by atoms with Gasteiger partial charge in [0.25, 0.3) is 5.91 Å². The lowest BCUT2D eigenvalue weighted by molar-refractivity contribution is 0.0627. The van der Waals surface area contributed by atoms with Gasteiger partial charge in [-0.2, -0.15) is 0 Å². The minimum Gasteiger partial charge on any atom is -0.338 e. The van der Waals surface area contributed by atoms with Gasteiger partial charge in [0.2, 0.25) is 0 Å². The third kappa shape index (κ3) is 4.07. The molecule has 3 nitrogen and oxygen atoms in total. The van der Waals surface area contributed by atoms with Crippen LogP contribution in [0, 0.1) is 12.8 Å². The number of nitrogens with one attached hydrogen (secondary N) is 1. The Bertz CT molecular complexity index is 455. The first-order valence-electron chi connectivity index (χ1n) is 8.25. The Labute approximate surface area is 128 Å². The number of benzene rings is 1. The molecule has 2 atom stereocenters. The van der Waals surface area contributed by atoms with E-state index in [1.54, 1.807) is 0 Å². The Morgan fingerprint density at radius 1 is 1.29 bits per heavy atom. The van der Waals surface area contributed by atoms with E-state index in [0.29, 0.717) is 12.0 Å². The fourth-order valence-electron chi connectivity index (χ4n) is 3.11. The maximum absolute atomic E-state index is 12.6. The summed E-state index contributed by atoms with van der Waals surface area (Å²) < 4.78 is 0. The summed E-state index contributed by atoms with van der Waals surface area (Å²) in [6.45, 7) is 9.30. The van der Waals surface area contributed by atoms with Crippen LogP contribution < -0.4 is 5.32 Å². The lowest BCUT2D eigenvalue weighted by Crippen LogP contribution is -2.51. The number of aryl methyl sites for hydroxylation is 1. The van der Waals surface area contributed by atoms with Crippen molar-refractivity contribution in [1.82, 2.24) is 10.2 Å². The number of carbonyl (C=O) groups excluding carboxylic acids is 1. The molecule has 1 aliphatic rings. The van der Waals surface area contributed by atoms with Crippen LogP contribution in [0.1, 0.15) is 49.0 Å². The van der Waals surface area contributed by atoms with E-state index in [4.69, 9.17) is 0 Å². The average molecular weight is 288 g/mol. The summed E-state index contributed by atoms with van der Waals surface area (Å²) in [5.41, 5.74) is 2.01. The van der Waals surface area contributed by atoms with Gasteiger partial charge >= 0.3 is 0 Å². The Morgan fingerprint density at radius 2 is 2.00 bits per heavy atom. The fourth-order valence-corrected chi connectivity index (χ4v) is 3.11. The van der Waals surface area contributed by atoms with Gasteiger partial charge in [-0.1, -0.05) is 38.0 Å². The van der Waals surface area contributed by atoms with Crippen LogP contribution >= 0.6 is 0 Å². The van der Waals surface area contributed by atoms with Crippen molar-refractivity contribution in [2.24, 2.45) is 5.92 Å². The van der Waals surface area contributed by atoms with Crippen LogP contribution in [-0.2, 0) is 0 Å². The molecule has 1 aromatic rings. The van der Waals surface area contributed by atoms with E-state index in [1.807, 2.05) is 36.1 Å². The maximum Gasteiger partial charge on any atom is 0.253 e. The molecule has 1 saturated heterocycles. The minimum atomic E-state index is 0.183. The summed E-state index contributed by atoms with van der Waals surface area (Å²) >= 11 is 0. The van der Waals surface area contributed by atoms with Crippen LogP contribution in [0.2, 0.25) is 0 Å². The van der Waals surface area contributed by atoms with Crippen LogP contribution in [0.15, 0.2) is 24.3 Å². The SMILES string of the molecule is CCCNC1CCN(C(=O)c2ccc(C)cc2)CC1CC. The molecule has 0 aliphatic carbocycles. The largest absolute Gasteiger partial charge is 0.338 e. The standard InChI is InChI=1S/C18H28N2O/c1-4-11-19-17-10-12-20(13-15(17)5-2)18(21)16-8-6-14(3)7-9-16/h6-9,15,17,19H,4-5,10-13H2,1-3H3. The molecule has 0 bridgehead atoms. The van der Waals surface area contributed by atoms with E-state index in [1.165, 1.54) is 12.0 Å². The minimum absolute atomic E-state index is 0.183. The molecule has 0 radical (unpaired) electrons. The fraction of sp³-hybridized carbons (Fsp3) is 0.611. The van der Waals surface area contributed by atoms with Gasteiger partial charge in [-0.3, -0.25) is 4.79 Å². The van der Waals surface area contributed by atoms with E-state index in [-0.39, 0.29) is 5.91 Å². The van der Waals surface area contributed by atoms with Gasteiger partial charge in [-0.05, 0) is 44.4 Å². The molecular formula is C18H28N2O. The van der Waals surface area contributed by atoms with Crippen molar-refractivity contribution in [2.45, 2.75) is 46.1 Å². The van der Waals surface area contributed by atoms with Gasteiger partial charge in [0.15, 0.2) is 0 Å². The summed E-state index contributed by atoms with van der Waals surface area (Å²) in [5, 5.41) is 3.64. The Kier molecular flexibility index (Phi) is 5.80.